The third kappa shape index (κ3) is 3.30. The van der Waals surface area contributed by atoms with Crippen molar-refractivity contribution in [3.05, 3.63) is 35.9 Å². The molecule has 0 bridgehead atoms. The van der Waals surface area contributed by atoms with Gasteiger partial charge >= 0.3 is 0 Å². The highest BCUT2D eigenvalue weighted by Gasteiger charge is 2.11. The fraction of sp³-hybridized carbons (Fsp3) is 0.417. The number of benzene rings is 1. The van der Waals surface area contributed by atoms with E-state index in [0.717, 1.165) is 11.8 Å². The van der Waals surface area contributed by atoms with E-state index in [0.29, 0.717) is 6.61 Å². The van der Waals surface area contributed by atoms with Crippen LogP contribution in [0.3, 0.4) is 0 Å². The molecule has 0 amide bonds. The van der Waals surface area contributed by atoms with Crippen LogP contribution >= 0.6 is 0 Å². The Labute approximate surface area is 84.9 Å². The molecule has 2 heteroatoms. The molecule has 1 unspecified atom stereocenters. The maximum Gasteiger partial charge on any atom is 0.149 e. The number of aldehydes is 1. The Kier molecular flexibility index (Phi) is 4.33. The molecule has 2 nitrogen and oxygen atoms in total. The number of hydrogen-bond donors (Lipinski definition) is 0. The molecule has 1 aromatic carbocycles. The van der Waals surface area contributed by atoms with Crippen LogP contribution in [0.25, 0.3) is 0 Å². The predicted octanol–water partition coefficient (Wildman–Crippen LogP) is 2.43. The largest absolute Gasteiger partial charge is 0.366 e. The number of carbonyl (C=O) groups excluding carboxylic acids is 1. The summed E-state index contributed by atoms with van der Waals surface area (Å²) >= 11 is 0. The Morgan fingerprint density at radius 2 is 1.93 bits per heavy atom. The lowest BCUT2D eigenvalue weighted by atomic mass is 10.1. The van der Waals surface area contributed by atoms with Crippen molar-refractivity contribution in [1.29, 1.82) is 0 Å². The Morgan fingerprint density at radius 1 is 1.29 bits per heavy atom. The second kappa shape index (κ2) is 5.55. The SMILES string of the molecule is CC(C)C(C=O)OCc1ccccc1. The van der Waals surface area contributed by atoms with Crippen LogP contribution in [0.1, 0.15) is 19.4 Å². The van der Waals surface area contributed by atoms with Crippen molar-refractivity contribution < 1.29 is 9.53 Å². The average Bonchev–Trinajstić information content (AvgIpc) is 2.20. The van der Waals surface area contributed by atoms with E-state index >= 15 is 0 Å². The van der Waals surface area contributed by atoms with Gasteiger partial charge in [-0.15, -0.1) is 0 Å². The van der Waals surface area contributed by atoms with Crippen LogP contribution in [-0.4, -0.2) is 12.4 Å². The molecular formula is C12H16O2. The van der Waals surface area contributed by atoms with Crippen LogP contribution in [0.15, 0.2) is 30.3 Å². The van der Waals surface area contributed by atoms with Crippen LogP contribution in [0.4, 0.5) is 0 Å². The number of rotatable bonds is 5. The van der Waals surface area contributed by atoms with Crippen LogP contribution in [0, 0.1) is 5.92 Å². The molecule has 0 aliphatic rings. The molecule has 0 spiro atoms. The third-order valence-electron chi connectivity index (χ3n) is 2.08. The fourth-order valence-electron chi connectivity index (χ4n) is 1.16. The predicted molar refractivity (Wildman–Crippen MR) is 55.9 cm³/mol. The van der Waals surface area contributed by atoms with E-state index in [4.69, 9.17) is 4.74 Å². The molecule has 76 valence electrons. The molecule has 0 aliphatic carbocycles. The van der Waals surface area contributed by atoms with Crippen molar-refractivity contribution in [3.63, 3.8) is 0 Å². The van der Waals surface area contributed by atoms with Gasteiger partial charge in [0, 0.05) is 0 Å². The zero-order valence-electron chi connectivity index (χ0n) is 8.64. The lowest BCUT2D eigenvalue weighted by molar-refractivity contribution is -0.121. The molecule has 1 rings (SSSR count). The van der Waals surface area contributed by atoms with Crippen molar-refractivity contribution in [2.45, 2.75) is 26.6 Å². The van der Waals surface area contributed by atoms with Gasteiger partial charge in [-0.3, -0.25) is 0 Å². The van der Waals surface area contributed by atoms with Crippen molar-refractivity contribution in [1.82, 2.24) is 0 Å². The van der Waals surface area contributed by atoms with Gasteiger partial charge in [0.1, 0.15) is 12.4 Å². The molecule has 14 heavy (non-hydrogen) atoms. The molecular weight excluding hydrogens is 176 g/mol. The molecule has 0 fully saturated rings. The van der Waals surface area contributed by atoms with E-state index < -0.39 is 0 Å². The summed E-state index contributed by atoms with van der Waals surface area (Å²) in [6, 6.07) is 9.86. The Bertz CT molecular complexity index is 267. The zero-order valence-corrected chi connectivity index (χ0v) is 8.64. The van der Waals surface area contributed by atoms with Crippen molar-refractivity contribution in [2.24, 2.45) is 5.92 Å². The van der Waals surface area contributed by atoms with Crippen molar-refractivity contribution >= 4 is 6.29 Å². The molecule has 0 aliphatic heterocycles. The molecule has 0 N–H and O–H groups in total. The summed E-state index contributed by atoms with van der Waals surface area (Å²) in [6.07, 6.45) is 0.573. The summed E-state index contributed by atoms with van der Waals surface area (Å²) in [6.45, 7) is 4.45. The van der Waals surface area contributed by atoms with E-state index in [1.54, 1.807) is 0 Å². The normalized spacial score (nSPS) is 12.8. The van der Waals surface area contributed by atoms with E-state index in [2.05, 4.69) is 0 Å². The van der Waals surface area contributed by atoms with Crippen LogP contribution in [-0.2, 0) is 16.1 Å². The molecule has 1 atom stereocenters. The Morgan fingerprint density at radius 3 is 2.43 bits per heavy atom. The Hall–Kier alpha value is -1.15. The standard InChI is InChI=1S/C12H16O2/c1-10(2)12(8-13)14-9-11-6-4-3-5-7-11/h3-8,10,12H,9H2,1-2H3. The zero-order chi connectivity index (χ0) is 10.4. The van der Waals surface area contributed by atoms with Crippen molar-refractivity contribution in [2.75, 3.05) is 0 Å². The van der Waals surface area contributed by atoms with Gasteiger partial charge in [-0.1, -0.05) is 44.2 Å². The average molecular weight is 192 g/mol. The molecule has 0 saturated carbocycles. The molecule has 0 heterocycles. The first-order valence-corrected chi connectivity index (χ1v) is 4.85. The topological polar surface area (TPSA) is 26.3 Å². The van der Waals surface area contributed by atoms with E-state index in [1.165, 1.54) is 0 Å². The lowest BCUT2D eigenvalue weighted by Gasteiger charge is -2.15. The molecule has 0 aromatic heterocycles. The number of hydrogen-bond acceptors (Lipinski definition) is 2. The lowest BCUT2D eigenvalue weighted by Crippen LogP contribution is -2.20. The summed E-state index contributed by atoms with van der Waals surface area (Å²) in [7, 11) is 0. The summed E-state index contributed by atoms with van der Waals surface area (Å²) in [5.74, 6) is 0.233. The number of ether oxygens (including phenoxy) is 1. The van der Waals surface area contributed by atoms with E-state index in [-0.39, 0.29) is 12.0 Å². The van der Waals surface area contributed by atoms with Crippen LogP contribution in [0.5, 0.6) is 0 Å². The highest BCUT2D eigenvalue weighted by atomic mass is 16.5. The van der Waals surface area contributed by atoms with Crippen LogP contribution in [0.2, 0.25) is 0 Å². The minimum Gasteiger partial charge on any atom is -0.366 e. The molecule has 0 saturated heterocycles. The maximum atomic E-state index is 10.6. The van der Waals surface area contributed by atoms with Gasteiger partial charge in [0.15, 0.2) is 0 Å². The van der Waals surface area contributed by atoms with E-state index in [9.17, 15) is 4.79 Å². The van der Waals surface area contributed by atoms with Gasteiger partial charge < -0.3 is 9.53 Å². The Balaban J connectivity index is 2.43. The maximum absolute atomic E-state index is 10.6. The second-order valence-electron chi connectivity index (χ2n) is 3.64. The van der Waals surface area contributed by atoms with Gasteiger partial charge in [0.2, 0.25) is 0 Å². The highest BCUT2D eigenvalue weighted by molar-refractivity contribution is 5.56. The fourth-order valence-corrected chi connectivity index (χ4v) is 1.16. The van der Waals surface area contributed by atoms with Gasteiger partial charge in [-0.05, 0) is 11.5 Å². The summed E-state index contributed by atoms with van der Waals surface area (Å²) in [5.41, 5.74) is 1.10. The van der Waals surface area contributed by atoms with Gasteiger partial charge in [-0.2, -0.15) is 0 Å². The minimum absolute atomic E-state index is 0.233. The molecule has 1 aromatic rings. The summed E-state index contributed by atoms with van der Waals surface area (Å²) < 4.78 is 5.47. The first-order chi connectivity index (χ1) is 6.74. The second-order valence-corrected chi connectivity index (χ2v) is 3.64. The quantitative estimate of drug-likeness (QED) is 0.670. The highest BCUT2D eigenvalue weighted by Crippen LogP contribution is 2.08. The molecule has 0 radical (unpaired) electrons. The monoisotopic (exact) mass is 192 g/mol. The smallest absolute Gasteiger partial charge is 0.149 e. The third-order valence-corrected chi connectivity index (χ3v) is 2.08. The first-order valence-electron chi connectivity index (χ1n) is 4.85. The van der Waals surface area contributed by atoms with Gasteiger partial charge in [0.05, 0.1) is 6.61 Å². The summed E-state index contributed by atoms with van der Waals surface area (Å²) in [5, 5.41) is 0. The first kappa shape index (κ1) is 10.9. The number of carbonyl (C=O) groups is 1. The summed E-state index contributed by atoms with van der Waals surface area (Å²) in [4.78, 5) is 10.6. The van der Waals surface area contributed by atoms with Crippen LogP contribution < -0.4 is 0 Å². The van der Waals surface area contributed by atoms with Crippen molar-refractivity contribution in [3.8, 4) is 0 Å². The van der Waals surface area contributed by atoms with Gasteiger partial charge in [0.25, 0.3) is 0 Å². The van der Waals surface area contributed by atoms with E-state index in [1.807, 2.05) is 44.2 Å². The van der Waals surface area contributed by atoms with Gasteiger partial charge in [-0.25, -0.2) is 0 Å². The minimum atomic E-state index is -0.296.